The molecule has 0 bridgehead atoms. The minimum atomic E-state index is -0.477. The van der Waals surface area contributed by atoms with Crippen LogP contribution >= 0.6 is 11.6 Å². The van der Waals surface area contributed by atoms with Crippen LogP contribution in [0.3, 0.4) is 0 Å². The summed E-state index contributed by atoms with van der Waals surface area (Å²) in [6.45, 7) is 0.292. The zero-order chi connectivity index (χ0) is 13.0. The molecule has 0 saturated heterocycles. The van der Waals surface area contributed by atoms with Crippen LogP contribution in [0.1, 0.15) is 11.7 Å². The maximum Gasteiger partial charge on any atom is 0.142 e. The largest absolute Gasteiger partial charge is 0.484 e. The second kappa shape index (κ2) is 5.80. The van der Waals surface area contributed by atoms with Crippen molar-refractivity contribution in [1.82, 2.24) is 4.98 Å². The van der Waals surface area contributed by atoms with E-state index in [1.807, 2.05) is 6.07 Å². The number of benzene rings is 1. The molecule has 0 aliphatic carbocycles. The van der Waals surface area contributed by atoms with E-state index in [9.17, 15) is 4.39 Å². The van der Waals surface area contributed by atoms with E-state index in [1.54, 1.807) is 18.5 Å². The summed E-state index contributed by atoms with van der Waals surface area (Å²) in [6, 6.07) is 7.87. The molecule has 0 spiro atoms. The van der Waals surface area contributed by atoms with Crippen LogP contribution < -0.4 is 10.5 Å². The average Bonchev–Trinajstić information content (AvgIpc) is 2.41. The lowest BCUT2D eigenvalue weighted by Gasteiger charge is -2.17. The Labute approximate surface area is 109 Å². The van der Waals surface area contributed by atoms with Gasteiger partial charge in [-0.1, -0.05) is 17.7 Å². The SMILES string of the molecule is NCC(Oc1ccc(F)c(Cl)c1)c1cccnc1. The van der Waals surface area contributed by atoms with Gasteiger partial charge >= 0.3 is 0 Å². The lowest BCUT2D eigenvalue weighted by molar-refractivity contribution is 0.213. The van der Waals surface area contributed by atoms with E-state index in [2.05, 4.69) is 4.98 Å². The third-order valence-corrected chi connectivity index (χ3v) is 2.73. The maximum atomic E-state index is 13.0. The number of nitrogens with zero attached hydrogens (tertiary/aromatic N) is 1. The van der Waals surface area contributed by atoms with Crippen molar-refractivity contribution in [3.05, 3.63) is 59.1 Å². The Kier molecular flexibility index (Phi) is 4.12. The predicted molar refractivity (Wildman–Crippen MR) is 68.1 cm³/mol. The molecule has 1 atom stereocenters. The molecule has 5 heteroatoms. The lowest BCUT2D eigenvalue weighted by atomic mass is 10.1. The van der Waals surface area contributed by atoms with Gasteiger partial charge in [0.15, 0.2) is 0 Å². The third-order valence-electron chi connectivity index (χ3n) is 2.44. The van der Waals surface area contributed by atoms with Crippen molar-refractivity contribution in [3.8, 4) is 5.75 Å². The number of hydrogen-bond acceptors (Lipinski definition) is 3. The third kappa shape index (κ3) is 2.97. The first kappa shape index (κ1) is 12.8. The van der Waals surface area contributed by atoms with Gasteiger partial charge in [-0.2, -0.15) is 0 Å². The molecule has 94 valence electrons. The van der Waals surface area contributed by atoms with Gasteiger partial charge in [-0.25, -0.2) is 4.39 Å². The number of halogens is 2. The molecule has 0 aliphatic rings. The summed E-state index contributed by atoms with van der Waals surface area (Å²) in [4.78, 5) is 4.01. The average molecular weight is 267 g/mol. The zero-order valence-electron chi connectivity index (χ0n) is 9.51. The predicted octanol–water partition coefficient (Wildman–Crippen LogP) is 2.95. The van der Waals surface area contributed by atoms with Crippen LogP contribution in [0, 0.1) is 5.82 Å². The molecule has 0 fully saturated rings. The van der Waals surface area contributed by atoms with Gasteiger partial charge in [-0.3, -0.25) is 4.98 Å². The van der Waals surface area contributed by atoms with Crippen molar-refractivity contribution in [3.63, 3.8) is 0 Å². The van der Waals surface area contributed by atoms with E-state index in [1.165, 1.54) is 18.2 Å². The summed E-state index contributed by atoms with van der Waals surface area (Å²) in [5.41, 5.74) is 6.52. The maximum absolute atomic E-state index is 13.0. The van der Waals surface area contributed by atoms with E-state index in [-0.39, 0.29) is 11.1 Å². The summed E-state index contributed by atoms with van der Waals surface area (Å²) in [5.74, 6) is -0.00426. The highest BCUT2D eigenvalue weighted by molar-refractivity contribution is 6.30. The fraction of sp³-hybridized carbons (Fsp3) is 0.154. The molecule has 2 aromatic rings. The molecule has 1 aromatic carbocycles. The first-order chi connectivity index (χ1) is 8.70. The molecule has 2 N–H and O–H groups in total. The van der Waals surface area contributed by atoms with Crippen LogP contribution in [0.25, 0.3) is 0 Å². The second-order valence-electron chi connectivity index (χ2n) is 3.70. The first-order valence-electron chi connectivity index (χ1n) is 5.42. The van der Waals surface area contributed by atoms with E-state index in [0.717, 1.165) is 5.56 Å². The molecular formula is C13H12ClFN2O. The Morgan fingerprint density at radius 3 is 2.83 bits per heavy atom. The Morgan fingerprint density at radius 1 is 1.39 bits per heavy atom. The monoisotopic (exact) mass is 266 g/mol. The number of hydrogen-bond donors (Lipinski definition) is 1. The van der Waals surface area contributed by atoms with Crippen molar-refractivity contribution in [2.45, 2.75) is 6.10 Å². The zero-order valence-corrected chi connectivity index (χ0v) is 10.3. The van der Waals surface area contributed by atoms with E-state index in [4.69, 9.17) is 22.1 Å². The van der Waals surface area contributed by atoms with Crippen molar-refractivity contribution < 1.29 is 9.13 Å². The summed E-state index contributed by atoms with van der Waals surface area (Å²) < 4.78 is 18.7. The number of pyridine rings is 1. The number of aromatic nitrogens is 1. The van der Waals surface area contributed by atoms with Crippen LogP contribution in [0.4, 0.5) is 4.39 Å². The van der Waals surface area contributed by atoms with Crippen LogP contribution in [-0.2, 0) is 0 Å². The quantitative estimate of drug-likeness (QED) is 0.926. The highest BCUT2D eigenvalue weighted by atomic mass is 35.5. The molecular weight excluding hydrogens is 255 g/mol. The van der Waals surface area contributed by atoms with E-state index >= 15 is 0 Å². The minimum absolute atomic E-state index is 0.0226. The second-order valence-corrected chi connectivity index (χ2v) is 4.11. The smallest absolute Gasteiger partial charge is 0.142 e. The molecule has 18 heavy (non-hydrogen) atoms. The van der Waals surface area contributed by atoms with Gasteiger partial charge < -0.3 is 10.5 Å². The fourth-order valence-electron chi connectivity index (χ4n) is 1.53. The van der Waals surface area contributed by atoms with E-state index < -0.39 is 5.82 Å². The van der Waals surface area contributed by atoms with Crippen molar-refractivity contribution in [2.75, 3.05) is 6.54 Å². The number of nitrogens with two attached hydrogens (primary N) is 1. The van der Waals surface area contributed by atoms with Gasteiger partial charge in [0, 0.05) is 30.6 Å². The Morgan fingerprint density at radius 2 is 2.22 bits per heavy atom. The molecule has 0 amide bonds. The van der Waals surface area contributed by atoms with Crippen molar-refractivity contribution in [1.29, 1.82) is 0 Å². The van der Waals surface area contributed by atoms with Crippen LogP contribution in [0.15, 0.2) is 42.7 Å². The van der Waals surface area contributed by atoms with Crippen molar-refractivity contribution >= 4 is 11.6 Å². The topological polar surface area (TPSA) is 48.1 Å². The standard InChI is InChI=1S/C13H12ClFN2O/c14-11-6-10(3-4-12(11)15)18-13(7-16)9-2-1-5-17-8-9/h1-6,8,13H,7,16H2. The van der Waals surface area contributed by atoms with Gasteiger partial charge in [0.05, 0.1) is 5.02 Å². The summed E-state index contributed by atoms with van der Waals surface area (Å²) in [7, 11) is 0. The first-order valence-corrected chi connectivity index (χ1v) is 5.80. The molecule has 2 rings (SSSR count). The van der Waals surface area contributed by atoms with Gasteiger partial charge in [0.1, 0.15) is 17.7 Å². The summed E-state index contributed by atoms with van der Waals surface area (Å²) in [6.07, 6.45) is 3.02. The lowest BCUT2D eigenvalue weighted by Crippen LogP contribution is -2.18. The van der Waals surface area contributed by atoms with Gasteiger partial charge in [-0.05, 0) is 18.2 Å². The molecule has 0 saturated carbocycles. The van der Waals surface area contributed by atoms with Gasteiger partial charge in [0.2, 0.25) is 0 Å². The van der Waals surface area contributed by atoms with Gasteiger partial charge in [-0.15, -0.1) is 0 Å². The minimum Gasteiger partial charge on any atom is -0.484 e. The molecule has 1 unspecified atom stereocenters. The van der Waals surface area contributed by atoms with E-state index in [0.29, 0.717) is 12.3 Å². The normalized spacial score (nSPS) is 12.2. The summed E-state index contributed by atoms with van der Waals surface area (Å²) in [5, 5.41) is 0.0226. The Bertz CT molecular complexity index is 522. The Hall–Kier alpha value is -1.65. The summed E-state index contributed by atoms with van der Waals surface area (Å²) >= 11 is 5.69. The number of ether oxygens (including phenoxy) is 1. The molecule has 1 heterocycles. The van der Waals surface area contributed by atoms with Crippen LogP contribution in [0.5, 0.6) is 5.75 Å². The molecule has 0 radical (unpaired) electrons. The number of rotatable bonds is 4. The highest BCUT2D eigenvalue weighted by Crippen LogP contribution is 2.25. The van der Waals surface area contributed by atoms with Crippen molar-refractivity contribution in [2.24, 2.45) is 5.73 Å². The van der Waals surface area contributed by atoms with Crippen LogP contribution in [0.2, 0.25) is 5.02 Å². The molecule has 3 nitrogen and oxygen atoms in total. The fourth-order valence-corrected chi connectivity index (χ4v) is 1.70. The van der Waals surface area contributed by atoms with Crippen LogP contribution in [-0.4, -0.2) is 11.5 Å². The van der Waals surface area contributed by atoms with Gasteiger partial charge in [0.25, 0.3) is 0 Å². The Balaban J connectivity index is 2.18. The highest BCUT2D eigenvalue weighted by Gasteiger charge is 2.12. The molecule has 0 aliphatic heterocycles. The molecule has 1 aromatic heterocycles.